The van der Waals surface area contributed by atoms with E-state index in [-0.39, 0.29) is 5.91 Å². The Labute approximate surface area is 146 Å². The summed E-state index contributed by atoms with van der Waals surface area (Å²) in [6.45, 7) is 5.57. The molecule has 1 N–H and O–H groups in total. The fourth-order valence-electron chi connectivity index (χ4n) is 2.21. The van der Waals surface area contributed by atoms with Gasteiger partial charge in [0.1, 0.15) is 5.75 Å². The summed E-state index contributed by atoms with van der Waals surface area (Å²) in [4.78, 5) is 13.4. The molecular formula is C18H20ClNO2S. The van der Waals surface area contributed by atoms with Gasteiger partial charge >= 0.3 is 0 Å². The lowest BCUT2D eigenvalue weighted by atomic mass is 10.1. The van der Waals surface area contributed by atoms with E-state index in [1.165, 1.54) is 0 Å². The molecule has 0 aliphatic heterocycles. The second kappa shape index (κ2) is 7.75. The van der Waals surface area contributed by atoms with Crippen LogP contribution in [0, 0.1) is 13.8 Å². The minimum atomic E-state index is -0.607. The quantitative estimate of drug-likeness (QED) is 0.764. The molecule has 23 heavy (non-hydrogen) atoms. The van der Waals surface area contributed by atoms with Crippen LogP contribution in [-0.4, -0.2) is 18.3 Å². The molecule has 0 aliphatic carbocycles. The SMILES string of the molecule is CSc1ccccc1NC(=O)[C@@H](C)Oc1cc(C)c(Cl)c(C)c1. The number of aryl methyl sites for hydroxylation is 2. The number of halogens is 1. The molecule has 0 bridgehead atoms. The fourth-order valence-corrected chi connectivity index (χ4v) is 2.88. The molecule has 0 aliphatic rings. The van der Waals surface area contributed by atoms with Gasteiger partial charge in [-0.05, 0) is 62.4 Å². The van der Waals surface area contributed by atoms with Crippen LogP contribution in [0.15, 0.2) is 41.3 Å². The number of para-hydroxylation sites is 1. The number of anilines is 1. The van der Waals surface area contributed by atoms with Crippen LogP contribution in [0.5, 0.6) is 5.75 Å². The van der Waals surface area contributed by atoms with Crippen molar-refractivity contribution in [1.82, 2.24) is 0 Å². The van der Waals surface area contributed by atoms with Gasteiger partial charge < -0.3 is 10.1 Å². The summed E-state index contributed by atoms with van der Waals surface area (Å²) in [5.41, 5.74) is 2.66. The molecule has 0 aromatic heterocycles. The number of hydrogen-bond acceptors (Lipinski definition) is 3. The summed E-state index contributed by atoms with van der Waals surface area (Å²) in [5, 5.41) is 3.64. The lowest BCUT2D eigenvalue weighted by Crippen LogP contribution is -2.30. The van der Waals surface area contributed by atoms with Crippen LogP contribution in [0.1, 0.15) is 18.1 Å². The van der Waals surface area contributed by atoms with Gasteiger partial charge in [0.05, 0.1) is 5.69 Å². The average molecular weight is 350 g/mol. The average Bonchev–Trinajstić information content (AvgIpc) is 2.53. The van der Waals surface area contributed by atoms with Crippen molar-refractivity contribution in [1.29, 1.82) is 0 Å². The van der Waals surface area contributed by atoms with E-state index in [2.05, 4.69) is 5.32 Å². The van der Waals surface area contributed by atoms with E-state index in [4.69, 9.17) is 16.3 Å². The third-order valence-electron chi connectivity index (χ3n) is 3.46. The minimum Gasteiger partial charge on any atom is -0.481 e. The summed E-state index contributed by atoms with van der Waals surface area (Å²) in [6, 6.07) is 11.4. The standard InChI is InChI=1S/C18H20ClNO2S/c1-11-9-14(10-12(2)17(11)19)22-13(3)18(21)20-15-7-5-6-8-16(15)23-4/h5-10,13H,1-4H3,(H,20,21)/t13-/m1/s1. The zero-order chi connectivity index (χ0) is 17.0. The Morgan fingerprint density at radius 2 is 1.83 bits per heavy atom. The largest absolute Gasteiger partial charge is 0.481 e. The first-order chi connectivity index (χ1) is 10.9. The minimum absolute atomic E-state index is 0.184. The third kappa shape index (κ3) is 4.43. The van der Waals surface area contributed by atoms with Crippen molar-refractivity contribution in [2.24, 2.45) is 0 Å². The first-order valence-electron chi connectivity index (χ1n) is 7.29. The van der Waals surface area contributed by atoms with Gasteiger partial charge in [0.2, 0.25) is 0 Å². The normalized spacial score (nSPS) is 11.9. The van der Waals surface area contributed by atoms with Crippen LogP contribution in [0.2, 0.25) is 5.02 Å². The molecule has 0 fully saturated rings. The first kappa shape index (κ1) is 17.7. The Hall–Kier alpha value is -1.65. The lowest BCUT2D eigenvalue weighted by molar-refractivity contribution is -0.122. The van der Waals surface area contributed by atoms with Crippen LogP contribution >= 0.6 is 23.4 Å². The summed E-state index contributed by atoms with van der Waals surface area (Å²) >= 11 is 7.74. The number of ether oxygens (including phenoxy) is 1. The Morgan fingerprint density at radius 1 is 1.22 bits per heavy atom. The summed E-state index contributed by atoms with van der Waals surface area (Å²) < 4.78 is 5.76. The maximum Gasteiger partial charge on any atom is 0.265 e. The smallest absolute Gasteiger partial charge is 0.265 e. The van der Waals surface area contributed by atoms with Gasteiger partial charge in [0.15, 0.2) is 6.10 Å². The third-order valence-corrected chi connectivity index (χ3v) is 4.85. The molecule has 5 heteroatoms. The van der Waals surface area contributed by atoms with Gasteiger partial charge in [-0.3, -0.25) is 4.79 Å². The molecule has 0 saturated heterocycles. The number of carbonyl (C=O) groups is 1. The van der Waals surface area contributed by atoms with E-state index in [0.717, 1.165) is 26.7 Å². The highest BCUT2D eigenvalue weighted by molar-refractivity contribution is 7.98. The summed E-state index contributed by atoms with van der Waals surface area (Å²) in [6.07, 6.45) is 1.37. The predicted molar refractivity (Wildman–Crippen MR) is 97.9 cm³/mol. The topological polar surface area (TPSA) is 38.3 Å². The van der Waals surface area contributed by atoms with Crippen LogP contribution < -0.4 is 10.1 Å². The number of carbonyl (C=O) groups excluding carboxylic acids is 1. The van der Waals surface area contributed by atoms with Crippen LogP contribution in [-0.2, 0) is 4.79 Å². The van der Waals surface area contributed by atoms with Crippen molar-refractivity contribution in [2.45, 2.75) is 31.8 Å². The number of nitrogens with one attached hydrogen (secondary N) is 1. The number of amides is 1. The van der Waals surface area contributed by atoms with Crippen molar-refractivity contribution in [3.63, 3.8) is 0 Å². The molecule has 0 unspecified atom stereocenters. The van der Waals surface area contributed by atoms with Gasteiger partial charge in [0.25, 0.3) is 5.91 Å². The molecule has 3 nitrogen and oxygen atoms in total. The van der Waals surface area contributed by atoms with Crippen LogP contribution in [0.4, 0.5) is 5.69 Å². The molecular weight excluding hydrogens is 330 g/mol. The molecule has 0 spiro atoms. The number of thioether (sulfide) groups is 1. The van der Waals surface area contributed by atoms with Gasteiger partial charge in [-0.1, -0.05) is 23.7 Å². The Kier molecular flexibility index (Phi) is 5.97. The Morgan fingerprint density at radius 3 is 2.43 bits per heavy atom. The number of hydrogen-bond donors (Lipinski definition) is 1. The predicted octanol–water partition coefficient (Wildman–Crippen LogP) is 5.08. The number of rotatable bonds is 5. The van der Waals surface area contributed by atoms with E-state index < -0.39 is 6.10 Å². The van der Waals surface area contributed by atoms with Crippen molar-refractivity contribution in [3.8, 4) is 5.75 Å². The molecule has 1 amide bonds. The highest BCUT2D eigenvalue weighted by Gasteiger charge is 2.17. The lowest BCUT2D eigenvalue weighted by Gasteiger charge is -2.17. The van der Waals surface area contributed by atoms with Crippen molar-refractivity contribution >= 4 is 35.0 Å². The van der Waals surface area contributed by atoms with E-state index in [9.17, 15) is 4.79 Å². The van der Waals surface area contributed by atoms with Crippen molar-refractivity contribution in [3.05, 3.63) is 52.5 Å². The van der Waals surface area contributed by atoms with Gasteiger partial charge in [-0.15, -0.1) is 11.8 Å². The molecule has 0 radical (unpaired) electrons. The molecule has 0 saturated carbocycles. The zero-order valence-corrected chi connectivity index (χ0v) is 15.2. The molecule has 1 atom stereocenters. The second-order valence-electron chi connectivity index (χ2n) is 5.32. The summed E-state index contributed by atoms with van der Waals surface area (Å²) in [7, 11) is 0. The fraction of sp³-hybridized carbons (Fsp3) is 0.278. The maximum absolute atomic E-state index is 12.4. The summed E-state index contributed by atoms with van der Waals surface area (Å²) in [5.74, 6) is 0.460. The Bertz CT molecular complexity index is 695. The van der Waals surface area contributed by atoms with Gasteiger partial charge in [0, 0.05) is 9.92 Å². The van der Waals surface area contributed by atoms with Crippen molar-refractivity contribution in [2.75, 3.05) is 11.6 Å². The van der Waals surface area contributed by atoms with Gasteiger partial charge in [-0.2, -0.15) is 0 Å². The van der Waals surface area contributed by atoms with E-state index in [1.807, 2.05) is 56.5 Å². The van der Waals surface area contributed by atoms with E-state index in [1.54, 1.807) is 18.7 Å². The Balaban J connectivity index is 2.08. The second-order valence-corrected chi connectivity index (χ2v) is 6.55. The van der Waals surface area contributed by atoms with Crippen LogP contribution in [0.25, 0.3) is 0 Å². The van der Waals surface area contributed by atoms with E-state index in [0.29, 0.717) is 5.75 Å². The van der Waals surface area contributed by atoms with Crippen LogP contribution in [0.3, 0.4) is 0 Å². The van der Waals surface area contributed by atoms with Gasteiger partial charge in [-0.25, -0.2) is 0 Å². The highest BCUT2D eigenvalue weighted by Crippen LogP contribution is 2.27. The molecule has 2 rings (SSSR count). The zero-order valence-electron chi connectivity index (χ0n) is 13.6. The van der Waals surface area contributed by atoms with E-state index >= 15 is 0 Å². The highest BCUT2D eigenvalue weighted by atomic mass is 35.5. The molecule has 2 aromatic rings. The molecule has 122 valence electrons. The first-order valence-corrected chi connectivity index (χ1v) is 8.90. The maximum atomic E-state index is 12.4. The number of benzene rings is 2. The molecule has 2 aromatic carbocycles. The monoisotopic (exact) mass is 349 g/mol. The molecule has 0 heterocycles. The van der Waals surface area contributed by atoms with Crippen molar-refractivity contribution < 1.29 is 9.53 Å².